The lowest BCUT2D eigenvalue weighted by molar-refractivity contribution is -0.870. The van der Waals surface area contributed by atoms with Gasteiger partial charge in [0.05, 0.1) is 39.9 Å². The van der Waals surface area contributed by atoms with Crippen molar-refractivity contribution < 1.29 is 32.9 Å². The number of unbranched alkanes of at least 4 members (excludes halogenated alkanes) is 47. The Labute approximate surface area is 542 Å². The fraction of sp³-hybridized carbons (Fsp3) is 0.833. The van der Waals surface area contributed by atoms with Gasteiger partial charge in [-0.05, 0) is 70.6 Å². The van der Waals surface area contributed by atoms with Gasteiger partial charge in [-0.3, -0.25) is 9.36 Å². The smallest absolute Gasteiger partial charge is 0.268 e. The lowest BCUT2D eigenvalue weighted by Gasteiger charge is -2.29. The molecule has 0 aromatic rings. The fourth-order valence-electron chi connectivity index (χ4n) is 11.3. The Morgan fingerprint density at radius 3 is 1.07 bits per heavy atom. The predicted molar refractivity (Wildman–Crippen MR) is 380 cm³/mol. The van der Waals surface area contributed by atoms with E-state index in [0.29, 0.717) is 17.4 Å². The zero-order valence-electron chi connectivity index (χ0n) is 58.5. The summed E-state index contributed by atoms with van der Waals surface area (Å²) in [5.74, 6) is -0.201. The number of phosphoric ester groups is 1. The molecule has 1 amide bonds. The van der Waals surface area contributed by atoms with Crippen LogP contribution in [0.25, 0.3) is 0 Å². The Morgan fingerprint density at radius 2 is 0.713 bits per heavy atom. The highest BCUT2D eigenvalue weighted by molar-refractivity contribution is 7.45. The van der Waals surface area contributed by atoms with Crippen LogP contribution in [0.3, 0.4) is 0 Å². The molecule has 8 nitrogen and oxygen atoms in total. The predicted octanol–water partition coefficient (Wildman–Crippen LogP) is 23.9. The van der Waals surface area contributed by atoms with Crippen molar-refractivity contribution in [2.75, 3.05) is 40.9 Å². The summed E-state index contributed by atoms with van der Waals surface area (Å²) in [6, 6.07) is -0.906. The molecule has 3 unspecified atom stereocenters. The van der Waals surface area contributed by atoms with Crippen molar-refractivity contribution in [3.05, 3.63) is 72.9 Å². The van der Waals surface area contributed by atoms with E-state index in [1.165, 1.54) is 283 Å². The summed E-state index contributed by atoms with van der Waals surface area (Å²) in [5, 5.41) is 14.0. The second kappa shape index (κ2) is 68.3. The molecule has 510 valence electrons. The molecule has 0 aliphatic carbocycles. The number of likely N-dealkylation sites (N-methyl/N-ethyl adjacent to an activating group) is 1. The number of aliphatic hydroxyl groups excluding tert-OH is 1. The maximum atomic E-state index is 13.1. The molecule has 9 heteroatoms. The molecule has 0 spiro atoms. The second-order valence-corrected chi connectivity index (χ2v) is 28.4. The molecule has 0 aromatic carbocycles. The van der Waals surface area contributed by atoms with Crippen LogP contribution in [0, 0.1) is 0 Å². The number of allylic oxidation sites excluding steroid dienone is 11. The van der Waals surface area contributed by atoms with Crippen LogP contribution in [0.1, 0.15) is 367 Å². The van der Waals surface area contributed by atoms with Gasteiger partial charge in [0.15, 0.2) is 0 Å². The van der Waals surface area contributed by atoms with E-state index in [1.54, 1.807) is 6.08 Å². The summed E-state index contributed by atoms with van der Waals surface area (Å²) < 4.78 is 23.5. The highest BCUT2D eigenvalue weighted by Gasteiger charge is 2.23. The van der Waals surface area contributed by atoms with Crippen LogP contribution in [-0.2, 0) is 18.4 Å². The number of hydrogen-bond donors (Lipinski definition) is 2. The maximum absolute atomic E-state index is 13.1. The zero-order chi connectivity index (χ0) is 63.4. The number of rotatable bonds is 70. The van der Waals surface area contributed by atoms with E-state index >= 15 is 0 Å². The Bertz CT molecular complexity index is 1650. The van der Waals surface area contributed by atoms with Gasteiger partial charge in [0.2, 0.25) is 5.91 Å². The molecule has 0 rings (SSSR count). The minimum atomic E-state index is -4.62. The van der Waals surface area contributed by atoms with Gasteiger partial charge in [-0.25, -0.2) is 0 Å². The molecule has 0 aromatic heterocycles. The number of nitrogens with one attached hydrogen (secondary N) is 1. The summed E-state index contributed by atoms with van der Waals surface area (Å²) in [5.41, 5.74) is 0. The van der Waals surface area contributed by atoms with E-state index in [2.05, 4.69) is 79.9 Å². The van der Waals surface area contributed by atoms with Gasteiger partial charge in [0, 0.05) is 6.42 Å². The van der Waals surface area contributed by atoms with Crippen molar-refractivity contribution >= 4 is 13.7 Å². The number of phosphoric acid groups is 1. The molecule has 0 saturated carbocycles. The van der Waals surface area contributed by atoms with Crippen LogP contribution in [0.15, 0.2) is 72.9 Å². The average Bonchev–Trinajstić information content (AvgIpc) is 3.70. The second-order valence-electron chi connectivity index (χ2n) is 27.0. The van der Waals surface area contributed by atoms with Crippen molar-refractivity contribution in [2.24, 2.45) is 0 Å². The first-order valence-electron chi connectivity index (χ1n) is 37.8. The van der Waals surface area contributed by atoms with Gasteiger partial charge in [-0.2, -0.15) is 0 Å². The van der Waals surface area contributed by atoms with Crippen molar-refractivity contribution in [2.45, 2.75) is 379 Å². The van der Waals surface area contributed by atoms with Gasteiger partial charge in [0.25, 0.3) is 7.82 Å². The normalized spacial score (nSPS) is 14.0. The third-order valence-electron chi connectivity index (χ3n) is 17.2. The zero-order valence-corrected chi connectivity index (χ0v) is 59.4. The number of carbonyl (C=O) groups excluding carboxylic acids is 1. The number of hydrogen-bond acceptors (Lipinski definition) is 6. The van der Waals surface area contributed by atoms with Gasteiger partial charge in [0.1, 0.15) is 13.2 Å². The third-order valence-corrected chi connectivity index (χ3v) is 18.1. The van der Waals surface area contributed by atoms with Crippen LogP contribution < -0.4 is 10.2 Å². The first-order chi connectivity index (χ1) is 42.5. The van der Waals surface area contributed by atoms with Gasteiger partial charge in [-0.15, -0.1) is 0 Å². The summed E-state index contributed by atoms with van der Waals surface area (Å²) in [4.78, 5) is 25.7. The Morgan fingerprint density at radius 1 is 0.414 bits per heavy atom. The number of quaternary nitrogens is 1. The molecule has 0 radical (unpaired) electrons. The Balaban J connectivity index is 4.02. The van der Waals surface area contributed by atoms with Crippen molar-refractivity contribution in [1.29, 1.82) is 0 Å². The molecule has 0 heterocycles. The topological polar surface area (TPSA) is 108 Å². The monoisotopic (exact) mass is 1240 g/mol. The summed E-state index contributed by atoms with van der Waals surface area (Å²) in [7, 11) is 1.26. The SMILES string of the molecule is CC/C=C\C/C=C\C/C=C\C/C=C\CCCCCCCCCCCCCCCCCCCCCCCCC(=O)NC(COP(=O)([O-])OCC[N+](C)(C)C)C(O)/C=C/CC/C=C/CCCCCCCCCCCCCCCCCCCCCCCCCC. The van der Waals surface area contributed by atoms with E-state index in [-0.39, 0.29) is 12.5 Å². The number of amides is 1. The van der Waals surface area contributed by atoms with Crippen LogP contribution in [0.4, 0.5) is 0 Å². The molecular weight excluding hydrogens is 1090 g/mol. The minimum absolute atomic E-state index is 0.00611. The van der Waals surface area contributed by atoms with E-state index in [4.69, 9.17) is 9.05 Å². The molecule has 2 N–H and O–H groups in total. The third kappa shape index (κ3) is 71.2. The lowest BCUT2D eigenvalue weighted by atomic mass is 10.0. The standard InChI is InChI=1S/C78H147N2O6P/c1-6-8-10-12-14-16-18-20-22-24-26-28-30-32-34-36-38-39-40-41-42-44-46-48-50-52-54-56-58-60-62-64-66-68-70-72-78(82)79-76(75-86-87(83,84)85-74-73-80(3,4)5)77(81)71-69-67-65-63-61-59-57-55-53-51-49-47-45-43-37-35-33-31-29-27-25-23-21-19-17-15-13-11-9-7-2/h8,10,14,16,20,22,26,28,61,63,69,71,76-77,81H,6-7,9,11-13,15,17-19,21,23-25,27,29-60,62,64-68,70,72-75H2,1-5H3,(H-,79,82,83,84)/b10-8-,16-14-,22-20-,28-26-,63-61+,71-69+. The van der Waals surface area contributed by atoms with Crippen LogP contribution in [0.5, 0.6) is 0 Å². The van der Waals surface area contributed by atoms with Crippen LogP contribution in [0.2, 0.25) is 0 Å². The molecule has 0 bridgehead atoms. The van der Waals surface area contributed by atoms with E-state index in [9.17, 15) is 19.4 Å². The molecule has 0 fully saturated rings. The Kier molecular flexibility index (Phi) is 66.7. The van der Waals surface area contributed by atoms with E-state index < -0.39 is 26.6 Å². The van der Waals surface area contributed by atoms with Crippen molar-refractivity contribution in [1.82, 2.24) is 5.32 Å². The van der Waals surface area contributed by atoms with Gasteiger partial charge < -0.3 is 28.8 Å². The quantitative estimate of drug-likeness (QED) is 0.0272. The summed E-state index contributed by atoms with van der Waals surface area (Å²) in [6.07, 6.45) is 96.3. The number of aliphatic hydroxyl groups is 1. The molecule has 3 atom stereocenters. The maximum Gasteiger partial charge on any atom is 0.268 e. The fourth-order valence-corrected chi connectivity index (χ4v) is 12.1. The van der Waals surface area contributed by atoms with Crippen LogP contribution in [-0.4, -0.2) is 68.5 Å². The van der Waals surface area contributed by atoms with Crippen molar-refractivity contribution in [3.63, 3.8) is 0 Å². The first-order valence-corrected chi connectivity index (χ1v) is 39.3. The average molecular weight is 1240 g/mol. The molecular formula is C78H147N2O6P. The lowest BCUT2D eigenvalue weighted by Crippen LogP contribution is -2.45. The van der Waals surface area contributed by atoms with Crippen LogP contribution >= 0.6 is 7.82 Å². The molecule has 0 aliphatic rings. The van der Waals surface area contributed by atoms with E-state index in [0.717, 1.165) is 64.2 Å². The Hall–Kier alpha value is -2.06. The summed E-state index contributed by atoms with van der Waals surface area (Å²) >= 11 is 0. The highest BCUT2D eigenvalue weighted by Crippen LogP contribution is 2.38. The van der Waals surface area contributed by atoms with Gasteiger partial charge in [-0.1, -0.05) is 363 Å². The minimum Gasteiger partial charge on any atom is -0.756 e. The highest BCUT2D eigenvalue weighted by atomic mass is 31.2. The first kappa shape index (κ1) is 84.9. The molecule has 0 saturated heterocycles. The largest absolute Gasteiger partial charge is 0.756 e. The molecule has 87 heavy (non-hydrogen) atoms. The number of carbonyl (C=O) groups is 1. The van der Waals surface area contributed by atoms with Gasteiger partial charge >= 0.3 is 0 Å². The molecule has 0 aliphatic heterocycles. The van der Waals surface area contributed by atoms with E-state index in [1.807, 2.05) is 27.2 Å². The van der Waals surface area contributed by atoms with Crippen molar-refractivity contribution in [3.8, 4) is 0 Å². The number of nitrogens with zero attached hydrogens (tertiary/aromatic N) is 1. The summed E-state index contributed by atoms with van der Waals surface area (Å²) in [6.45, 7) is 4.57.